The molecule has 0 saturated carbocycles. The summed E-state index contributed by atoms with van der Waals surface area (Å²) in [6.07, 6.45) is 1.66. The van der Waals surface area contributed by atoms with Gasteiger partial charge in [0, 0.05) is 26.4 Å². The van der Waals surface area contributed by atoms with E-state index >= 15 is 0 Å². The largest absolute Gasteiger partial charge is 0.207 e. The fraction of sp³-hybridized carbons (Fsp3) is 0.156. The lowest BCUT2D eigenvalue weighted by atomic mass is 9.62. The maximum Gasteiger partial charge on any atom is 0.123 e. The molecule has 0 aromatic heterocycles. The zero-order valence-electron chi connectivity index (χ0n) is 19.4. The van der Waals surface area contributed by atoms with E-state index in [1.165, 1.54) is 27.2 Å². The number of allylic oxidation sites excluding steroid dienone is 1. The van der Waals surface area contributed by atoms with E-state index < -0.39 is 5.41 Å². The molecule has 0 bridgehead atoms. The van der Waals surface area contributed by atoms with Crippen molar-refractivity contribution in [2.24, 2.45) is 5.41 Å². The standard InChI is InChI=1S/C32H22F2S2/c33-23-13-9-19(10-14-23)28-27-17-21-5-1-3-7-25(21)29(27)36-31(20-11-15-24(34)16-12-20)32(28)18-22-6-2-4-8-26(22)30(32)35/h1-16,28,31H,17-18H2. The van der Waals surface area contributed by atoms with Gasteiger partial charge in [-0.25, -0.2) is 8.78 Å². The molecule has 1 spiro atoms. The van der Waals surface area contributed by atoms with E-state index in [2.05, 4.69) is 48.5 Å². The first-order valence-electron chi connectivity index (χ1n) is 12.2. The van der Waals surface area contributed by atoms with Gasteiger partial charge in [-0.15, -0.1) is 11.8 Å². The molecule has 0 saturated heterocycles. The van der Waals surface area contributed by atoms with Crippen LogP contribution >= 0.6 is 24.0 Å². The van der Waals surface area contributed by atoms with E-state index in [1.807, 2.05) is 36.0 Å². The highest BCUT2D eigenvalue weighted by Crippen LogP contribution is 2.69. The number of rotatable bonds is 2. The van der Waals surface area contributed by atoms with Crippen molar-refractivity contribution >= 4 is 33.7 Å². The fourth-order valence-electron chi connectivity index (χ4n) is 6.56. The van der Waals surface area contributed by atoms with Crippen molar-refractivity contribution in [3.8, 4) is 0 Å². The van der Waals surface area contributed by atoms with Gasteiger partial charge < -0.3 is 0 Å². The molecule has 4 aromatic carbocycles. The Morgan fingerprint density at radius 1 is 0.694 bits per heavy atom. The van der Waals surface area contributed by atoms with Crippen LogP contribution < -0.4 is 0 Å². The summed E-state index contributed by atoms with van der Waals surface area (Å²) in [6, 6.07) is 30.9. The minimum atomic E-state index is -0.430. The van der Waals surface area contributed by atoms with Crippen LogP contribution in [0.2, 0.25) is 0 Å². The number of halogens is 2. The van der Waals surface area contributed by atoms with Crippen molar-refractivity contribution in [1.82, 2.24) is 0 Å². The van der Waals surface area contributed by atoms with Crippen molar-refractivity contribution in [3.63, 3.8) is 0 Å². The molecule has 0 amide bonds. The van der Waals surface area contributed by atoms with Crippen molar-refractivity contribution < 1.29 is 8.78 Å². The summed E-state index contributed by atoms with van der Waals surface area (Å²) in [7, 11) is 0. The maximum atomic E-state index is 14.1. The lowest BCUT2D eigenvalue weighted by molar-refractivity contribution is 0.362. The third-order valence-corrected chi connectivity index (χ3v) is 10.3. The van der Waals surface area contributed by atoms with E-state index in [0.717, 1.165) is 34.4 Å². The van der Waals surface area contributed by atoms with Gasteiger partial charge in [-0.2, -0.15) is 0 Å². The summed E-state index contributed by atoms with van der Waals surface area (Å²) < 4.78 is 28.1. The molecule has 36 heavy (non-hydrogen) atoms. The van der Waals surface area contributed by atoms with Crippen LogP contribution in [-0.2, 0) is 12.8 Å². The highest BCUT2D eigenvalue weighted by Gasteiger charge is 2.58. The summed E-state index contributed by atoms with van der Waals surface area (Å²) in [5.41, 5.74) is 8.06. The van der Waals surface area contributed by atoms with Crippen LogP contribution in [0.4, 0.5) is 8.78 Å². The van der Waals surface area contributed by atoms with Gasteiger partial charge in [-0.3, -0.25) is 0 Å². The minimum Gasteiger partial charge on any atom is -0.207 e. The second-order valence-corrected chi connectivity index (χ2v) is 11.4. The van der Waals surface area contributed by atoms with Gasteiger partial charge in [0.15, 0.2) is 0 Å². The molecule has 0 N–H and O–H groups in total. The first-order chi connectivity index (χ1) is 17.6. The second kappa shape index (κ2) is 8.22. The molecule has 1 aliphatic heterocycles. The minimum absolute atomic E-state index is 0.0158. The maximum absolute atomic E-state index is 14.1. The molecular formula is C32H22F2S2. The molecule has 0 fully saturated rings. The van der Waals surface area contributed by atoms with Crippen LogP contribution in [0.5, 0.6) is 0 Å². The Balaban J connectivity index is 1.52. The Morgan fingerprint density at radius 3 is 1.94 bits per heavy atom. The summed E-state index contributed by atoms with van der Waals surface area (Å²) in [5, 5.41) is -0.0158. The number of fused-ring (bicyclic) bond motifs is 3. The topological polar surface area (TPSA) is 0 Å². The zero-order valence-corrected chi connectivity index (χ0v) is 21.0. The molecule has 3 aliphatic rings. The summed E-state index contributed by atoms with van der Waals surface area (Å²) >= 11 is 8.25. The van der Waals surface area contributed by atoms with Crippen molar-refractivity contribution in [1.29, 1.82) is 0 Å². The van der Waals surface area contributed by atoms with Gasteiger partial charge >= 0.3 is 0 Å². The molecule has 7 rings (SSSR count). The SMILES string of the molecule is Fc1ccc(C2SC3=C(Cc4ccccc43)C(c3ccc(F)cc3)C23Cc2ccccc2C3=S)cc1. The third kappa shape index (κ3) is 3.14. The molecule has 176 valence electrons. The normalized spacial score (nSPS) is 24.1. The van der Waals surface area contributed by atoms with Crippen LogP contribution in [0.15, 0.2) is 103 Å². The molecule has 2 aliphatic carbocycles. The second-order valence-electron chi connectivity index (χ2n) is 9.93. The van der Waals surface area contributed by atoms with E-state index in [1.54, 1.807) is 24.3 Å². The summed E-state index contributed by atoms with van der Waals surface area (Å²) in [4.78, 5) is 2.25. The van der Waals surface area contributed by atoms with Crippen LogP contribution in [0, 0.1) is 17.0 Å². The van der Waals surface area contributed by atoms with Crippen LogP contribution in [0.25, 0.3) is 4.91 Å². The number of hydrogen-bond donors (Lipinski definition) is 0. The third-order valence-electron chi connectivity index (χ3n) is 8.05. The average Bonchev–Trinajstić information content (AvgIpc) is 3.41. The Bertz CT molecular complexity index is 1550. The Kier molecular flexibility index (Phi) is 5.06. The smallest absolute Gasteiger partial charge is 0.123 e. The molecule has 4 heteroatoms. The number of hydrogen-bond acceptors (Lipinski definition) is 2. The van der Waals surface area contributed by atoms with Gasteiger partial charge in [0.1, 0.15) is 11.6 Å². The molecule has 1 heterocycles. The summed E-state index contributed by atoms with van der Waals surface area (Å²) in [6.45, 7) is 0. The van der Waals surface area contributed by atoms with Crippen molar-refractivity contribution in [3.05, 3.63) is 148 Å². The number of benzene rings is 4. The quantitative estimate of drug-likeness (QED) is 0.249. The van der Waals surface area contributed by atoms with E-state index in [0.29, 0.717) is 0 Å². The highest BCUT2D eigenvalue weighted by molar-refractivity contribution is 8.08. The lowest BCUT2D eigenvalue weighted by Crippen LogP contribution is -2.42. The average molecular weight is 509 g/mol. The lowest BCUT2D eigenvalue weighted by Gasteiger charge is -2.48. The highest BCUT2D eigenvalue weighted by atomic mass is 32.2. The van der Waals surface area contributed by atoms with Crippen LogP contribution in [-0.4, -0.2) is 4.86 Å². The predicted molar refractivity (Wildman–Crippen MR) is 147 cm³/mol. The van der Waals surface area contributed by atoms with Gasteiger partial charge in [0.2, 0.25) is 0 Å². The van der Waals surface area contributed by atoms with Crippen LogP contribution in [0.3, 0.4) is 0 Å². The molecule has 3 unspecified atom stereocenters. The van der Waals surface area contributed by atoms with E-state index in [-0.39, 0.29) is 22.8 Å². The van der Waals surface area contributed by atoms with E-state index in [4.69, 9.17) is 12.2 Å². The number of thiocarbonyl (C=S) groups is 1. The Hall–Kier alpha value is -3.08. The predicted octanol–water partition coefficient (Wildman–Crippen LogP) is 8.46. The van der Waals surface area contributed by atoms with Crippen molar-refractivity contribution in [2.75, 3.05) is 0 Å². The van der Waals surface area contributed by atoms with Gasteiger partial charge in [-0.05, 0) is 76.1 Å². The van der Waals surface area contributed by atoms with Gasteiger partial charge in [0.05, 0.1) is 0 Å². The fourth-order valence-corrected chi connectivity index (χ4v) is 8.88. The molecule has 0 radical (unpaired) electrons. The summed E-state index contributed by atoms with van der Waals surface area (Å²) in [5.74, 6) is -0.502. The van der Waals surface area contributed by atoms with Crippen LogP contribution in [0.1, 0.15) is 44.5 Å². The monoisotopic (exact) mass is 508 g/mol. The van der Waals surface area contributed by atoms with Gasteiger partial charge in [-0.1, -0.05) is 85.0 Å². The molecule has 0 nitrogen and oxygen atoms in total. The first kappa shape index (κ1) is 22.1. The Labute approximate surface area is 219 Å². The molecule has 4 aromatic rings. The van der Waals surface area contributed by atoms with E-state index in [9.17, 15) is 8.78 Å². The Morgan fingerprint density at radius 2 is 1.28 bits per heavy atom. The van der Waals surface area contributed by atoms with Crippen molar-refractivity contribution in [2.45, 2.75) is 24.0 Å². The first-order valence-corrected chi connectivity index (χ1v) is 13.5. The number of thioether (sulfide) groups is 1. The molecular weight excluding hydrogens is 486 g/mol. The molecule has 3 atom stereocenters. The van der Waals surface area contributed by atoms with Gasteiger partial charge in [0.25, 0.3) is 0 Å². The zero-order chi connectivity index (χ0) is 24.4.